The van der Waals surface area contributed by atoms with Crippen molar-refractivity contribution in [1.29, 1.82) is 0 Å². The molecule has 5 heteroatoms. The van der Waals surface area contributed by atoms with Crippen LogP contribution >= 0.6 is 11.3 Å². The Morgan fingerprint density at radius 3 is 1.69 bits per heavy atom. The third kappa shape index (κ3) is 4.19. The molecular formula is C30H18F3NS. The summed E-state index contributed by atoms with van der Waals surface area (Å²) in [6.45, 7) is 0. The maximum Gasteiger partial charge on any atom is 0.416 e. The van der Waals surface area contributed by atoms with Gasteiger partial charge in [0, 0.05) is 5.56 Å². The van der Waals surface area contributed by atoms with Crippen LogP contribution in [0, 0.1) is 0 Å². The molecule has 1 heterocycles. The van der Waals surface area contributed by atoms with Gasteiger partial charge in [0.15, 0.2) is 0 Å². The summed E-state index contributed by atoms with van der Waals surface area (Å²) < 4.78 is 39.6. The van der Waals surface area contributed by atoms with Crippen LogP contribution in [0.3, 0.4) is 0 Å². The van der Waals surface area contributed by atoms with E-state index in [4.69, 9.17) is 4.98 Å². The highest BCUT2D eigenvalue weighted by atomic mass is 32.1. The Labute approximate surface area is 204 Å². The molecule has 0 aliphatic rings. The number of halogens is 3. The number of benzene rings is 5. The summed E-state index contributed by atoms with van der Waals surface area (Å²) in [5.41, 5.74) is 5.26. The number of fused-ring (bicyclic) bond motifs is 2. The molecule has 6 rings (SSSR count). The number of aromatic nitrogens is 1. The van der Waals surface area contributed by atoms with Crippen LogP contribution in [0.1, 0.15) is 5.56 Å². The van der Waals surface area contributed by atoms with Crippen molar-refractivity contribution in [3.05, 3.63) is 115 Å². The standard InChI is InChI=1S/C30H18F3NS/c31-30(32,33)26-15-13-20(14-16-26)19-5-7-21(8-6-19)22-9-10-24-18-25(12-11-23(24)17-22)29-34-27-3-1-2-4-28(27)35-29/h1-18H. The summed E-state index contributed by atoms with van der Waals surface area (Å²) in [6.07, 6.45) is -4.33. The Morgan fingerprint density at radius 1 is 0.543 bits per heavy atom. The van der Waals surface area contributed by atoms with Gasteiger partial charge < -0.3 is 0 Å². The number of rotatable bonds is 3. The third-order valence-corrected chi connectivity index (χ3v) is 7.23. The zero-order chi connectivity index (χ0) is 24.0. The van der Waals surface area contributed by atoms with Gasteiger partial charge in [-0.3, -0.25) is 0 Å². The average molecular weight is 482 g/mol. The molecule has 170 valence electrons. The van der Waals surface area contributed by atoms with E-state index in [-0.39, 0.29) is 0 Å². The lowest BCUT2D eigenvalue weighted by molar-refractivity contribution is -0.137. The van der Waals surface area contributed by atoms with Gasteiger partial charge in [0.1, 0.15) is 5.01 Å². The Morgan fingerprint density at radius 2 is 1.06 bits per heavy atom. The molecular weight excluding hydrogens is 463 g/mol. The highest BCUT2D eigenvalue weighted by molar-refractivity contribution is 7.21. The monoisotopic (exact) mass is 481 g/mol. The minimum atomic E-state index is -4.33. The molecule has 0 radical (unpaired) electrons. The van der Waals surface area contributed by atoms with Crippen LogP contribution in [0.5, 0.6) is 0 Å². The number of hydrogen-bond donors (Lipinski definition) is 0. The van der Waals surface area contributed by atoms with E-state index in [1.165, 1.54) is 16.8 Å². The van der Waals surface area contributed by atoms with Gasteiger partial charge in [-0.2, -0.15) is 13.2 Å². The van der Waals surface area contributed by atoms with E-state index in [0.717, 1.165) is 61.2 Å². The maximum absolute atomic E-state index is 12.8. The second-order valence-corrected chi connectivity index (χ2v) is 9.45. The van der Waals surface area contributed by atoms with E-state index in [2.05, 4.69) is 42.5 Å². The summed E-state index contributed by atoms with van der Waals surface area (Å²) in [7, 11) is 0. The molecule has 5 aromatic carbocycles. The molecule has 0 spiro atoms. The van der Waals surface area contributed by atoms with E-state index in [1.54, 1.807) is 11.3 Å². The van der Waals surface area contributed by atoms with Crippen LogP contribution in [-0.2, 0) is 6.18 Å². The van der Waals surface area contributed by atoms with Gasteiger partial charge in [-0.15, -0.1) is 11.3 Å². The molecule has 0 amide bonds. The first-order valence-corrected chi connectivity index (χ1v) is 11.9. The molecule has 0 N–H and O–H groups in total. The van der Waals surface area contributed by atoms with Crippen molar-refractivity contribution in [3.8, 4) is 32.8 Å². The smallest absolute Gasteiger partial charge is 0.236 e. The molecule has 0 unspecified atom stereocenters. The van der Waals surface area contributed by atoms with Gasteiger partial charge in [-0.25, -0.2) is 4.98 Å². The van der Waals surface area contributed by atoms with E-state index >= 15 is 0 Å². The van der Waals surface area contributed by atoms with E-state index < -0.39 is 11.7 Å². The average Bonchev–Trinajstić information content (AvgIpc) is 3.32. The van der Waals surface area contributed by atoms with Gasteiger partial charge in [0.2, 0.25) is 0 Å². The fourth-order valence-electron chi connectivity index (χ4n) is 4.26. The third-order valence-electron chi connectivity index (χ3n) is 6.14. The molecule has 6 aromatic rings. The number of para-hydroxylation sites is 1. The van der Waals surface area contributed by atoms with E-state index in [9.17, 15) is 13.2 Å². The van der Waals surface area contributed by atoms with Gasteiger partial charge in [-0.1, -0.05) is 72.8 Å². The lowest BCUT2D eigenvalue weighted by Crippen LogP contribution is -2.03. The molecule has 1 nitrogen and oxygen atoms in total. The Bertz CT molecular complexity index is 1630. The van der Waals surface area contributed by atoms with Crippen molar-refractivity contribution in [2.75, 3.05) is 0 Å². The van der Waals surface area contributed by atoms with Crippen LogP contribution in [0.25, 0.3) is 53.8 Å². The summed E-state index contributed by atoms with van der Waals surface area (Å²) in [4.78, 5) is 4.77. The Kier molecular flexibility index (Phi) is 5.15. The fraction of sp³-hybridized carbons (Fsp3) is 0.0333. The lowest BCUT2D eigenvalue weighted by atomic mass is 9.97. The number of alkyl halides is 3. The molecule has 0 fully saturated rings. The molecule has 0 saturated carbocycles. The van der Waals surface area contributed by atoms with Gasteiger partial charge >= 0.3 is 6.18 Å². The summed E-state index contributed by atoms with van der Waals surface area (Å²) in [5, 5.41) is 3.29. The van der Waals surface area contributed by atoms with Crippen molar-refractivity contribution < 1.29 is 13.2 Å². The highest BCUT2D eigenvalue weighted by Crippen LogP contribution is 2.34. The van der Waals surface area contributed by atoms with Crippen LogP contribution in [-0.4, -0.2) is 4.98 Å². The topological polar surface area (TPSA) is 12.9 Å². The molecule has 0 aliphatic heterocycles. The van der Waals surface area contributed by atoms with Crippen molar-refractivity contribution in [3.63, 3.8) is 0 Å². The highest BCUT2D eigenvalue weighted by Gasteiger charge is 2.29. The first-order chi connectivity index (χ1) is 16.9. The summed E-state index contributed by atoms with van der Waals surface area (Å²) >= 11 is 1.69. The van der Waals surface area contributed by atoms with Gasteiger partial charge in [0.25, 0.3) is 0 Å². The number of thiazole rings is 1. The first-order valence-electron chi connectivity index (χ1n) is 11.1. The first kappa shape index (κ1) is 21.6. The van der Waals surface area contributed by atoms with Crippen molar-refractivity contribution in [2.45, 2.75) is 6.18 Å². The van der Waals surface area contributed by atoms with Crippen molar-refractivity contribution in [1.82, 2.24) is 4.98 Å². The zero-order valence-electron chi connectivity index (χ0n) is 18.4. The van der Waals surface area contributed by atoms with E-state index in [1.807, 2.05) is 42.5 Å². The van der Waals surface area contributed by atoms with Gasteiger partial charge in [0.05, 0.1) is 15.8 Å². The summed E-state index contributed by atoms with van der Waals surface area (Å²) in [5.74, 6) is 0. The van der Waals surface area contributed by atoms with Crippen LogP contribution in [0.4, 0.5) is 13.2 Å². The molecule has 0 atom stereocenters. The number of hydrogen-bond acceptors (Lipinski definition) is 2. The second kappa shape index (κ2) is 8.36. The predicted octanol–water partition coefficient (Wildman–Crippen LogP) is 9.47. The minimum absolute atomic E-state index is 0.639. The van der Waals surface area contributed by atoms with E-state index in [0.29, 0.717) is 0 Å². The largest absolute Gasteiger partial charge is 0.416 e. The predicted molar refractivity (Wildman–Crippen MR) is 138 cm³/mol. The molecule has 35 heavy (non-hydrogen) atoms. The molecule has 0 bridgehead atoms. The molecule has 0 saturated heterocycles. The normalized spacial score (nSPS) is 11.9. The Hall–Kier alpha value is -3.96. The Balaban J connectivity index is 1.27. The quantitative estimate of drug-likeness (QED) is 0.245. The molecule has 1 aromatic heterocycles. The maximum atomic E-state index is 12.8. The lowest BCUT2D eigenvalue weighted by Gasteiger charge is -2.09. The van der Waals surface area contributed by atoms with Gasteiger partial charge in [-0.05, 0) is 69.4 Å². The zero-order valence-corrected chi connectivity index (χ0v) is 19.2. The van der Waals surface area contributed by atoms with Crippen LogP contribution < -0.4 is 0 Å². The van der Waals surface area contributed by atoms with Crippen LogP contribution in [0.15, 0.2) is 109 Å². The minimum Gasteiger partial charge on any atom is -0.236 e. The second-order valence-electron chi connectivity index (χ2n) is 8.42. The van der Waals surface area contributed by atoms with Crippen LogP contribution in [0.2, 0.25) is 0 Å². The number of nitrogens with zero attached hydrogens (tertiary/aromatic N) is 1. The summed E-state index contributed by atoms with van der Waals surface area (Å²) in [6, 6.07) is 34.1. The fourth-order valence-corrected chi connectivity index (χ4v) is 5.22. The molecule has 0 aliphatic carbocycles. The SMILES string of the molecule is FC(F)(F)c1ccc(-c2ccc(-c3ccc4cc(-c5nc6ccccc6s5)ccc4c3)cc2)cc1. The van der Waals surface area contributed by atoms with Crippen molar-refractivity contribution >= 4 is 32.3 Å². The van der Waals surface area contributed by atoms with Crippen molar-refractivity contribution in [2.24, 2.45) is 0 Å².